The molecular weight excluding hydrogens is 300 g/mol. The number of carbonyl (C=O) groups is 1. The summed E-state index contributed by atoms with van der Waals surface area (Å²) < 4.78 is 5.16. The van der Waals surface area contributed by atoms with Crippen molar-refractivity contribution >= 4 is 17.1 Å². The third-order valence-electron chi connectivity index (χ3n) is 3.45. The van der Waals surface area contributed by atoms with Crippen LogP contribution in [0, 0.1) is 0 Å². The average Bonchev–Trinajstić information content (AvgIpc) is 2.62. The van der Waals surface area contributed by atoms with Crippen molar-refractivity contribution in [2.75, 3.05) is 7.11 Å². The highest BCUT2D eigenvalue weighted by atomic mass is 16.5. The van der Waals surface area contributed by atoms with Crippen LogP contribution in [0.15, 0.2) is 72.8 Å². The molecule has 0 aliphatic carbocycles. The lowest BCUT2D eigenvalue weighted by molar-refractivity contribution is -0.104. The van der Waals surface area contributed by atoms with Gasteiger partial charge in [-0.05, 0) is 64.7 Å². The molecule has 0 saturated heterocycles. The van der Waals surface area contributed by atoms with E-state index in [-0.39, 0.29) is 0 Å². The molecule has 3 aromatic carbocycles. The van der Waals surface area contributed by atoms with E-state index >= 15 is 0 Å². The molecule has 1 N–H and O–H groups in total. The van der Waals surface area contributed by atoms with Gasteiger partial charge in [0, 0.05) is 0 Å². The Hall–Kier alpha value is -3.07. The lowest BCUT2D eigenvalue weighted by Gasteiger charge is -2.06. The molecule has 3 nitrogen and oxygen atoms in total. The summed E-state index contributed by atoms with van der Waals surface area (Å²) in [6, 6.07) is 19.6. The van der Waals surface area contributed by atoms with Gasteiger partial charge in [0.25, 0.3) is 0 Å². The highest BCUT2D eigenvalue weighted by molar-refractivity contribution is 5.88. The van der Waals surface area contributed by atoms with Crippen molar-refractivity contribution < 1.29 is 14.6 Å². The van der Waals surface area contributed by atoms with Gasteiger partial charge < -0.3 is 9.84 Å². The lowest BCUT2D eigenvalue weighted by atomic mass is 10.0. The number of hydrogen-bond donors (Lipinski definition) is 1. The van der Waals surface area contributed by atoms with Crippen LogP contribution in [0.1, 0.15) is 6.92 Å². The van der Waals surface area contributed by atoms with Crippen LogP contribution < -0.4 is 4.74 Å². The normalized spacial score (nSPS) is 9.75. The zero-order chi connectivity index (χ0) is 17.5. The van der Waals surface area contributed by atoms with Crippen LogP contribution in [0.25, 0.3) is 21.9 Å². The van der Waals surface area contributed by atoms with Crippen LogP contribution in [-0.2, 0) is 4.79 Å². The summed E-state index contributed by atoms with van der Waals surface area (Å²) in [7, 11) is 1.66. The summed E-state index contributed by atoms with van der Waals surface area (Å²) in [5.41, 5.74) is 2.88. The first-order chi connectivity index (χ1) is 11.5. The Labute approximate surface area is 141 Å². The van der Waals surface area contributed by atoms with Crippen molar-refractivity contribution in [2.24, 2.45) is 0 Å². The van der Waals surface area contributed by atoms with Crippen molar-refractivity contribution in [3.8, 4) is 22.6 Å². The molecule has 0 radical (unpaired) electrons. The first kappa shape index (κ1) is 17.3. The Morgan fingerprint density at radius 3 is 2.08 bits per heavy atom. The number of phenolic OH excluding ortho intramolecular Hbond substituents is 1. The topological polar surface area (TPSA) is 46.5 Å². The van der Waals surface area contributed by atoms with E-state index in [9.17, 15) is 9.90 Å². The highest BCUT2D eigenvalue weighted by Gasteiger charge is 2.01. The Balaban J connectivity index is 0.000000368. The highest BCUT2D eigenvalue weighted by Crippen LogP contribution is 2.27. The van der Waals surface area contributed by atoms with Crippen LogP contribution >= 0.6 is 0 Å². The summed E-state index contributed by atoms with van der Waals surface area (Å²) >= 11 is 0. The molecule has 0 saturated carbocycles. The smallest absolute Gasteiger partial charge is 0.145 e. The van der Waals surface area contributed by atoms with Gasteiger partial charge in [-0.15, -0.1) is 0 Å². The fraction of sp³-hybridized carbons (Fsp3) is 0.0952. The van der Waals surface area contributed by atoms with Gasteiger partial charge in [-0.1, -0.05) is 36.9 Å². The second-order valence-corrected chi connectivity index (χ2v) is 5.44. The quantitative estimate of drug-likeness (QED) is 0.547. The number of aldehydes is 1. The van der Waals surface area contributed by atoms with Crippen molar-refractivity contribution in [3.63, 3.8) is 0 Å². The maximum Gasteiger partial charge on any atom is 0.145 e. The minimum atomic E-state index is 0.296. The Bertz CT molecular complexity index is 849. The average molecular weight is 320 g/mol. The zero-order valence-corrected chi connectivity index (χ0v) is 13.8. The van der Waals surface area contributed by atoms with Crippen molar-refractivity contribution in [1.82, 2.24) is 0 Å². The van der Waals surface area contributed by atoms with E-state index in [1.165, 1.54) is 0 Å². The minimum Gasteiger partial charge on any atom is -0.508 e. The zero-order valence-electron chi connectivity index (χ0n) is 13.8. The summed E-state index contributed by atoms with van der Waals surface area (Å²) in [5.74, 6) is 1.15. The SMILES string of the molecule is C=C(C)C=O.COc1ccc(-c2ccc3cc(O)ccc3c2)cc1. The number of ether oxygens (including phenoxy) is 1. The number of allylic oxidation sites excluding steroid dienone is 1. The maximum absolute atomic E-state index is 9.46. The van der Waals surface area contributed by atoms with E-state index < -0.39 is 0 Å². The van der Waals surface area contributed by atoms with E-state index in [4.69, 9.17) is 4.74 Å². The van der Waals surface area contributed by atoms with Gasteiger partial charge in [-0.2, -0.15) is 0 Å². The molecule has 0 amide bonds. The fourth-order valence-corrected chi connectivity index (χ4v) is 2.20. The molecule has 0 aliphatic heterocycles. The lowest BCUT2D eigenvalue weighted by Crippen LogP contribution is -1.83. The van der Waals surface area contributed by atoms with Crippen LogP contribution in [-0.4, -0.2) is 18.5 Å². The monoisotopic (exact) mass is 320 g/mol. The van der Waals surface area contributed by atoms with Crippen LogP contribution in [0.3, 0.4) is 0 Å². The van der Waals surface area contributed by atoms with Crippen LogP contribution in [0.5, 0.6) is 11.5 Å². The fourth-order valence-electron chi connectivity index (χ4n) is 2.20. The molecule has 0 atom stereocenters. The van der Waals surface area contributed by atoms with Crippen molar-refractivity contribution in [3.05, 3.63) is 72.8 Å². The first-order valence-electron chi connectivity index (χ1n) is 7.51. The number of benzene rings is 3. The molecule has 24 heavy (non-hydrogen) atoms. The Kier molecular flexibility index (Phi) is 5.74. The number of rotatable bonds is 3. The van der Waals surface area contributed by atoms with E-state index in [0.717, 1.165) is 33.9 Å². The Morgan fingerprint density at radius 1 is 0.958 bits per heavy atom. The third kappa shape index (κ3) is 4.46. The molecule has 0 unspecified atom stereocenters. The van der Waals surface area contributed by atoms with Gasteiger partial charge >= 0.3 is 0 Å². The second kappa shape index (κ2) is 7.97. The number of methoxy groups -OCH3 is 1. The van der Waals surface area contributed by atoms with Gasteiger partial charge in [0.1, 0.15) is 17.8 Å². The van der Waals surface area contributed by atoms with E-state index in [0.29, 0.717) is 11.3 Å². The molecule has 0 aliphatic rings. The predicted molar refractivity (Wildman–Crippen MR) is 98.5 cm³/mol. The summed E-state index contributed by atoms with van der Waals surface area (Å²) in [4.78, 5) is 9.41. The molecule has 3 aromatic rings. The predicted octanol–water partition coefficient (Wildman–Crippen LogP) is 4.98. The second-order valence-electron chi connectivity index (χ2n) is 5.44. The molecule has 3 heteroatoms. The van der Waals surface area contributed by atoms with E-state index in [1.54, 1.807) is 26.2 Å². The molecule has 0 bridgehead atoms. The van der Waals surface area contributed by atoms with Gasteiger partial charge in [0.2, 0.25) is 0 Å². The Morgan fingerprint density at radius 2 is 1.50 bits per heavy atom. The van der Waals surface area contributed by atoms with Gasteiger partial charge in [-0.25, -0.2) is 0 Å². The first-order valence-corrected chi connectivity index (χ1v) is 7.51. The number of phenols is 1. The minimum absolute atomic E-state index is 0.296. The van der Waals surface area contributed by atoms with E-state index in [1.807, 2.05) is 36.4 Å². The maximum atomic E-state index is 9.46. The molecular formula is C21H20O3. The summed E-state index contributed by atoms with van der Waals surface area (Å²) in [6.45, 7) is 4.97. The van der Waals surface area contributed by atoms with Crippen molar-refractivity contribution in [1.29, 1.82) is 0 Å². The molecule has 0 aromatic heterocycles. The number of carbonyl (C=O) groups excluding carboxylic acids is 1. The largest absolute Gasteiger partial charge is 0.508 e. The number of hydrogen-bond acceptors (Lipinski definition) is 3. The van der Waals surface area contributed by atoms with Crippen LogP contribution in [0.4, 0.5) is 0 Å². The van der Waals surface area contributed by atoms with Gasteiger partial charge in [0.05, 0.1) is 7.11 Å². The molecule has 0 fully saturated rings. The molecule has 0 spiro atoms. The van der Waals surface area contributed by atoms with Crippen LogP contribution in [0.2, 0.25) is 0 Å². The van der Waals surface area contributed by atoms with E-state index in [2.05, 4.69) is 18.7 Å². The molecule has 3 rings (SSSR count). The number of fused-ring (bicyclic) bond motifs is 1. The van der Waals surface area contributed by atoms with Gasteiger partial charge in [0.15, 0.2) is 0 Å². The van der Waals surface area contributed by atoms with Gasteiger partial charge in [-0.3, -0.25) is 4.79 Å². The summed E-state index contributed by atoms with van der Waals surface area (Å²) in [5, 5.41) is 11.6. The molecule has 0 heterocycles. The third-order valence-corrected chi connectivity index (χ3v) is 3.45. The number of aromatic hydroxyl groups is 1. The standard InChI is InChI=1S/C17H14O2.C4H6O/c1-19-17-8-5-12(6-9-17)13-2-3-15-11-16(18)7-4-14(15)10-13;1-4(2)3-5/h2-11,18H,1H3;3H,1H2,2H3. The van der Waals surface area contributed by atoms with Crippen molar-refractivity contribution in [2.45, 2.75) is 6.92 Å². The molecule has 122 valence electrons. The summed E-state index contributed by atoms with van der Waals surface area (Å²) in [6.07, 6.45) is 0.722.